The Morgan fingerprint density at radius 3 is 2.24 bits per heavy atom. The van der Waals surface area contributed by atoms with E-state index in [2.05, 4.69) is 28.7 Å². The SMILES string of the molecule is CCN1CCC(C(CN2CCN(C)CC2)C(=O)OC)CC1. The molecule has 0 saturated carbocycles. The molecule has 0 aromatic heterocycles. The molecule has 0 N–H and O–H groups in total. The van der Waals surface area contributed by atoms with Gasteiger partial charge < -0.3 is 14.5 Å². The zero-order valence-electron chi connectivity index (χ0n) is 13.9. The van der Waals surface area contributed by atoms with Crippen LogP contribution in [-0.2, 0) is 9.53 Å². The maximum atomic E-state index is 12.2. The maximum Gasteiger partial charge on any atom is 0.310 e. The van der Waals surface area contributed by atoms with Gasteiger partial charge in [-0.3, -0.25) is 9.69 Å². The first-order chi connectivity index (χ1) is 10.1. The van der Waals surface area contributed by atoms with Crippen LogP contribution in [0.3, 0.4) is 0 Å². The molecule has 5 nitrogen and oxygen atoms in total. The van der Waals surface area contributed by atoms with Crippen molar-refractivity contribution in [3.8, 4) is 0 Å². The van der Waals surface area contributed by atoms with E-state index < -0.39 is 0 Å². The second kappa shape index (κ2) is 8.11. The zero-order valence-corrected chi connectivity index (χ0v) is 13.9. The molecule has 2 saturated heterocycles. The molecule has 0 bridgehead atoms. The third kappa shape index (κ3) is 4.66. The van der Waals surface area contributed by atoms with Crippen molar-refractivity contribution in [1.29, 1.82) is 0 Å². The Morgan fingerprint density at radius 2 is 1.71 bits per heavy atom. The van der Waals surface area contributed by atoms with Crippen LogP contribution in [-0.4, -0.2) is 87.2 Å². The molecule has 0 amide bonds. The lowest BCUT2D eigenvalue weighted by Gasteiger charge is -2.38. The molecule has 2 heterocycles. The van der Waals surface area contributed by atoms with E-state index in [0.29, 0.717) is 5.92 Å². The number of piperazine rings is 1. The number of esters is 1. The van der Waals surface area contributed by atoms with Gasteiger partial charge in [-0.2, -0.15) is 0 Å². The Morgan fingerprint density at radius 1 is 1.10 bits per heavy atom. The molecular formula is C16H31N3O2. The van der Waals surface area contributed by atoms with Gasteiger partial charge >= 0.3 is 5.97 Å². The fourth-order valence-corrected chi connectivity index (χ4v) is 3.55. The average molecular weight is 297 g/mol. The van der Waals surface area contributed by atoms with Crippen molar-refractivity contribution >= 4 is 5.97 Å². The molecule has 1 atom stereocenters. The van der Waals surface area contributed by atoms with Gasteiger partial charge in [0.2, 0.25) is 0 Å². The van der Waals surface area contributed by atoms with E-state index in [0.717, 1.165) is 65.2 Å². The highest BCUT2D eigenvalue weighted by Crippen LogP contribution is 2.27. The third-order valence-electron chi connectivity index (χ3n) is 5.20. The van der Waals surface area contributed by atoms with Crippen LogP contribution in [0, 0.1) is 11.8 Å². The lowest BCUT2D eigenvalue weighted by Crippen LogP contribution is -2.49. The van der Waals surface area contributed by atoms with Crippen LogP contribution in [0.5, 0.6) is 0 Å². The molecule has 0 radical (unpaired) electrons. The van der Waals surface area contributed by atoms with Crippen LogP contribution in [0.4, 0.5) is 0 Å². The first-order valence-corrected chi connectivity index (χ1v) is 8.35. The first-order valence-electron chi connectivity index (χ1n) is 8.35. The molecule has 122 valence electrons. The topological polar surface area (TPSA) is 36.0 Å². The van der Waals surface area contributed by atoms with Gasteiger partial charge in [0.25, 0.3) is 0 Å². The number of carbonyl (C=O) groups excluding carboxylic acids is 1. The van der Waals surface area contributed by atoms with E-state index in [-0.39, 0.29) is 11.9 Å². The molecule has 0 aromatic carbocycles. The number of carbonyl (C=O) groups is 1. The van der Waals surface area contributed by atoms with Crippen LogP contribution in [0.2, 0.25) is 0 Å². The summed E-state index contributed by atoms with van der Waals surface area (Å²) in [6.07, 6.45) is 2.25. The summed E-state index contributed by atoms with van der Waals surface area (Å²) in [7, 11) is 3.69. The third-order valence-corrected chi connectivity index (χ3v) is 5.20. The van der Waals surface area contributed by atoms with Crippen LogP contribution in [0.25, 0.3) is 0 Å². The van der Waals surface area contributed by atoms with Gasteiger partial charge in [-0.15, -0.1) is 0 Å². The minimum absolute atomic E-state index is 0.0103. The minimum Gasteiger partial charge on any atom is -0.469 e. The van der Waals surface area contributed by atoms with E-state index in [4.69, 9.17) is 4.74 Å². The fraction of sp³-hybridized carbons (Fsp3) is 0.938. The Labute approximate surface area is 129 Å². The summed E-state index contributed by atoms with van der Waals surface area (Å²) >= 11 is 0. The number of methoxy groups -OCH3 is 1. The lowest BCUT2D eigenvalue weighted by molar-refractivity contribution is -0.149. The minimum atomic E-state index is -0.0103. The average Bonchev–Trinajstić information content (AvgIpc) is 2.54. The number of likely N-dealkylation sites (tertiary alicyclic amines) is 1. The van der Waals surface area contributed by atoms with E-state index in [1.807, 2.05) is 0 Å². The van der Waals surface area contributed by atoms with Gasteiger partial charge in [0.1, 0.15) is 0 Å². The summed E-state index contributed by atoms with van der Waals surface area (Å²) in [6.45, 7) is 10.8. The molecule has 1 unspecified atom stereocenters. The van der Waals surface area contributed by atoms with Crippen LogP contribution in [0.1, 0.15) is 19.8 Å². The van der Waals surface area contributed by atoms with Crippen molar-refractivity contribution in [2.24, 2.45) is 11.8 Å². The van der Waals surface area contributed by atoms with Crippen LogP contribution >= 0.6 is 0 Å². The molecule has 2 rings (SSSR count). The Hall–Kier alpha value is -0.650. The van der Waals surface area contributed by atoms with Crippen LogP contribution in [0.15, 0.2) is 0 Å². The first kappa shape index (κ1) is 16.7. The zero-order chi connectivity index (χ0) is 15.2. The largest absolute Gasteiger partial charge is 0.469 e. The highest BCUT2D eigenvalue weighted by Gasteiger charge is 2.33. The summed E-state index contributed by atoms with van der Waals surface area (Å²) in [6, 6.07) is 0. The molecule has 0 spiro atoms. The van der Waals surface area contributed by atoms with Crippen molar-refractivity contribution < 1.29 is 9.53 Å². The summed E-state index contributed by atoms with van der Waals surface area (Å²) in [5.74, 6) is 0.529. The number of rotatable bonds is 5. The highest BCUT2D eigenvalue weighted by atomic mass is 16.5. The quantitative estimate of drug-likeness (QED) is 0.700. The van der Waals surface area contributed by atoms with Crippen molar-refractivity contribution in [1.82, 2.24) is 14.7 Å². The monoisotopic (exact) mass is 297 g/mol. The second-order valence-electron chi connectivity index (χ2n) is 6.51. The molecule has 5 heteroatoms. The second-order valence-corrected chi connectivity index (χ2v) is 6.51. The molecule has 0 aliphatic carbocycles. The van der Waals surface area contributed by atoms with Crippen molar-refractivity contribution in [2.45, 2.75) is 19.8 Å². The lowest BCUT2D eigenvalue weighted by atomic mass is 9.83. The summed E-state index contributed by atoms with van der Waals surface area (Å²) in [5.41, 5.74) is 0. The molecule has 2 aliphatic heterocycles. The van der Waals surface area contributed by atoms with E-state index in [1.54, 1.807) is 0 Å². The van der Waals surface area contributed by atoms with Gasteiger partial charge in [0, 0.05) is 32.7 Å². The molecule has 0 aromatic rings. The Bertz CT molecular complexity index is 321. The molecule has 2 fully saturated rings. The number of ether oxygens (including phenoxy) is 1. The molecular weight excluding hydrogens is 266 g/mol. The Kier molecular flexibility index (Phi) is 6.45. The predicted octanol–water partition coefficient (Wildman–Crippen LogP) is 0.755. The number of likely N-dealkylation sites (N-methyl/N-ethyl adjacent to an activating group) is 1. The van der Waals surface area contributed by atoms with Crippen molar-refractivity contribution in [3.05, 3.63) is 0 Å². The smallest absolute Gasteiger partial charge is 0.310 e. The number of piperidine rings is 1. The summed E-state index contributed by atoms with van der Waals surface area (Å²) < 4.78 is 5.09. The number of hydrogen-bond acceptors (Lipinski definition) is 5. The maximum absolute atomic E-state index is 12.2. The Balaban J connectivity index is 1.90. The predicted molar refractivity (Wildman–Crippen MR) is 84.3 cm³/mol. The molecule has 2 aliphatic rings. The number of nitrogens with zero attached hydrogens (tertiary/aromatic N) is 3. The van der Waals surface area contributed by atoms with Gasteiger partial charge in [-0.1, -0.05) is 6.92 Å². The van der Waals surface area contributed by atoms with E-state index >= 15 is 0 Å². The molecule has 21 heavy (non-hydrogen) atoms. The van der Waals surface area contributed by atoms with Gasteiger partial charge in [-0.25, -0.2) is 0 Å². The van der Waals surface area contributed by atoms with Gasteiger partial charge in [-0.05, 0) is 45.4 Å². The summed E-state index contributed by atoms with van der Waals surface area (Å²) in [4.78, 5) is 19.5. The van der Waals surface area contributed by atoms with Crippen molar-refractivity contribution in [2.75, 3.05) is 66.5 Å². The number of hydrogen-bond donors (Lipinski definition) is 0. The summed E-state index contributed by atoms with van der Waals surface area (Å²) in [5, 5.41) is 0. The van der Waals surface area contributed by atoms with E-state index in [9.17, 15) is 4.79 Å². The highest BCUT2D eigenvalue weighted by molar-refractivity contribution is 5.73. The van der Waals surface area contributed by atoms with Gasteiger partial charge in [0.05, 0.1) is 13.0 Å². The van der Waals surface area contributed by atoms with Crippen molar-refractivity contribution in [3.63, 3.8) is 0 Å². The van der Waals surface area contributed by atoms with Crippen LogP contribution < -0.4 is 0 Å². The fourth-order valence-electron chi connectivity index (χ4n) is 3.55. The normalized spacial score (nSPS) is 24.9. The standard InChI is InChI=1S/C16H31N3O2/c1-4-18-7-5-14(6-8-18)15(16(20)21-3)13-19-11-9-17(2)10-12-19/h14-15H,4-13H2,1-3H3. The van der Waals surface area contributed by atoms with E-state index in [1.165, 1.54) is 7.11 Å². The van der Waals surface area contributed by atoms with Gasteiger partial charge in [0.15, 0.2) is 0 Å².